The highest BCUT2D eigenvalue weighted by Gasteiger charge is 2.11. The summed E-state index contributed by atoms with van der Waals surface area (Å²) in [5, 5.41) is 12.8. The number of urea groups is 1. The van der Waals surface area contributed by atoms with E-state index in [0.29, 0.717) is 23.5 Å². The number of rotatable bonds is 6. The van der Waals surface area contributed by atoms with Gasteiger partial charge in [0.05, 0.1) is 5.69 Å². The highest BCUT2D eigenvalue weighted by Crippen LogP contribution is 2.13. The van der Waals surface area contributed by atoms with Gasteiger partial charge in [-0.2, -0.15) is 5.10 Å². The largest absolute Gasteiger partial charge is 0.352 e. The van der Waals surface area contributed by atoms with Crippen LogP contribution in [-0.2, 0) is 13.5 Å². The molecule has 0 radical (unpaired) electrons. The molecule has 3 rings (SSSR count). The number of nitrogens with zero attached hydrogens (tertiary/aromatic N) is 2. The first-order valence-electron chi connectivity index (χ1n) is 9.44. The molecule has 0 aliphatic rings. The molecule has 0 aliphatic carbocycles. The molecule has 2 aromatic carbocycles. The molecule has 0 unspecified atom stereocenters. The van der Waals surface area contributed by atoms with E-state index in [1.165, 1.54) is 0 Å². The second kappa shape index (κ2) is 9.05. The van der Waals surface area contributed by atoms with Crippen molar-refractivity contribution in [2.75, 3.05) is 17.2 Å². The number of aryl methyl sites for hydroxylation is 2. The number of aromatic nitrogens is 2. The third-order valence-corrected chi connectivity index (χ3v) is 4.76. The van der Waals surface area contributed by atoms with Crippen molar-refractivity contribution >= 4 is 23.3 Å². The molecule has 0 saturated heterocycles. The highest BCUT2D eigenvalue weighted by molar-refractivity contribution is 6.00. The molecule has 7 nitrogen and oxygen atoms in total. The maximum Gasteiger partial charge on any atom is 0.323 e. The summed E-state index contributed by atoms with van der Waals surface area (Å²) in [6.45, 7) is 4.53. The Morgan fingerprint density at radius 3 is 2.14 bits per heavy atom. The second-order valence-corrected chi connectivity index (χ2v) is 6.80. The molecule has 150 valence electrons. The van der Waals surface area contributed by atoms with E-state index < -0.39 is 0 Å². The minimum atomic E-state index is -0.337. The Morgan fingerprint density at radius 2 is 1.55 bits per heavy atom. The number of benzene rings is 2. The van der Waals surface area contributed by atoms with E-state index in [2.05, 4.69) is 21.0 Å². The number of carbonyl (C=O) groups is 2. The maximum absolute atomic E-state index is 12.4. The summed E-state index contributed by atoms with van der Waals surface area (Å²) < 4.78 is 1.85. The van der Waals surface area contributed by atoms with Gasteiger partial charge < -0.3 is 16.0 Å². The summed E-state index contributed by atoms with van der Waals surface area (Å²) in [5.41, 5.74) is 5.12. The number of carbonyl (C=O) groups excluding carboxylic acids is 2. The Morgan fingerprint density at radius 1 is 0.931 bits per heavy atom. The fourth-order valence-corrected chi connectivity index (χ4v) is 3.10. The quantitative estimate of drug-likeness (QED) is 0.599. The average Bonchev–Trinajstić information content (AvgIpc) is 2.95. The molecule has 1 aromatic heterocycles. The molecule has 0 bridgehead atoms. The molecule has 29 heavy (non-hydrogen) atoms. The number of hydrogen-bond donors (Lipinski definition) is 3. The lowest BCUT2D eigenvalue weighted by Gasteiger charge is -2.09. The third-order valence-electron chi connectivity index (χ3n) is 4.76. The predicted octanol–water partition coefficient (Wildman–Crippen LogP) is 3.65. The van der Waals surface area contributed by atoms with Crippen molar-refractivity contribution in [3.05, 3.63) is 77.1 Å². The van der Waals surface area contributed by atoms with Crippen LogP contribution in [0.2, 0.25) is 0 Å². The first kappa shape index (κ1) is 20.1. The van der Waals surface area contributed by atoms with Gasteiger partial charge in [-0.25, -0.2) is 4.79 Å². The van der Waals surface area contributed by atoms with Gasteiger partial charge in [0.25, 0.3) is 5.91 Å². The number of nitrogens with one attached hydrogen (secondary N) is 3. The first-order valence-corrected chi connectivity index (χ1v) is 9.44. The molecule has 3 amide bonds. The zero-order valence-electron chi connectivity index (χ0n) is 16.8. The minimum Gasteiger partial charge on any atom is -0.352 e. The monoisotopic (exact) mass is 391 g/mol. The highest BCUT2D eigenvalue weighted by atomic mass is 16.2. The van der Waals surface area contributed by atoms with Crippen LogP contribution in [0.15, 0.2) is 54.6 Å². The van der Waals surface area contributed by atoms with Crippen LogP contribution in [-0.4, -0.2) is 28.3 Å². The van der Waals surface area contributed by atoms with E-state index in [9.17, 15) is 9.59 Å². The molecule has 0 saturated carbocycles. The zero-order chi connectivity index (χ0) is 20.8. The van der Waals surface area contributed by atoms with E-state index in [1.54, 1.807) is 24.3 Å². The van der Waals surface area contributed by atoms with Crippen molar-refractivity contribution in [3.8, 4) is 0 Å². The lowest BCUT2D eigenvalue weighted by atomic mass is 10.1. The van der Waals surface area contributed by atoms with E-state index in [1.807, 2.05) is 55.9 Å². The van der Waals surface area contributed by atoms with Crippen LogP contribution in [0.4, 0.5) is 16.2 Å². The first-order chi connectivity index (χ1) is 13.9. The van der Waals surface area contributed by atoms with Crippen LogP contribution in [0.3, 0.4) is 0 Å². The number of amides is 3. The van der Waals surface area contributed by atoms with Crippen molar-refractivity contribution in [3.63, 3.8) is 0 Å². The van der Waals surface area contributed by atoms with Gasteiger partial charge in [-0.1, -0.05) is 18.2 Å². The lowest BCUT2D eigenvalue weighted by molar-refractivity contribution is 0.0954. The minimum absolute atomic E-state index is 0.149. The molecule has 7 heteroatoms. The molecule has 3 N–H and O–H groups in total. The second-order valence-electron chi connectivity index (χ2n) is 6.80. The number of hydrogen-bond acceptors (Lipinski definition) is 3. The predicted molar refractivity (Wildman–Crippen MR) is 114 cm³/mol. The Bertz CT molecular complexity index is 994. The number of para-hydroxylation sites is 1. The average molecular weight is 391 g/mol. The normalized spacial score (nSPS) is 10.4. The van der Waals surface area contributed by atoms with E-state index >= 15 is 0 Å². The fraction of sp³-hybridized carbons (Fsp3) is 0.227. The molecule has 0 spiro atoms. The van der Waals surface area contributed by atoms with Crippen molar-refractivity contribution in [2.45, 2.75) is 20.3 Å². The molecule has 0 atom stereocenters. The van der Waals surface area contributed by atoms with Gasteiger partial charge in [0.15, 0.2) is 0 Å². The molecule has 1 heterocycles. The number of anilines is 2. The molecule has 0 fully saturated rings. The van der Waals surface area contributed by atoms with Crippen LogP contribution in [0.1, 0.15) is 27.3 Å². The SMILES string of the molecule is Cc1nn(C)c(C)c1CCNC(=O)c1ccc(NC(=O)Nc2ccccc2)cc1. The molecular formula is C22H25N5O2. The summed E-state index contributed by atoms with van der Waals surface area (Å²) in [6.07, 6.45) is 0.733. The van der Waals surface area contributed by atoms with Crippen molar-refractivity contribution < 1.29 is 9.59 Å². The van der Waals surface area contributed by atoms with Crippen LogP contribution in [0.5, 0.6) is 0 Å². The van der Waals surface area contributed by atoms with Gasteiger partial charge in [-0.15, -0.1) is 0 Å². The summed E-state index contributed by atoms with van der Waals surface area (Å²) >= 11 is 0. The standard InChI is InChI=1S/C22H25N5O2/c1-15-20(16(2)27(3)26-15)13-14-23-21(28)17-9-11-19(12-10-17)25-22(29)24-18-7-5-4-6-8-18/h4-12H,13-14H2,1-3H3,(H,23,28)(H2,24,25,29). The summed E-state index contributed by atoms with van der Waals surface area (Å²) in [4.78, 5) is 24.4. The summed E-state index contributed by atoms with van der Waals surface area (Å²) in [7, 11) is 1.92. The van der Waals surface area contributed by atoms with Gasteiger partial charge in [-0.05, 0) is 62.2 Å². The Kier molecular flexibility index (Phi) is 6.29. The zero-order valence-corrected chi connectivity index (χ0v) is 16.8. The Balaban J connectivity index is 1.50. The van der Waals surface area contributed by atoms with Crippen LogP contribution in [0.25, 0.3) is 0 Å². The fourth-order valence-electron chi connectivity index (χ4n) is 3.10. The third kappa shape index (κ3) is 5.22. The van der Waals surface area contributed by atoms with E-state index in [-0.39, 0.29) is 11.9 Å². The maximum atomic E-state index is 12.4. The van der Waals surface area contributed by atoms with Gasteiger partial charge >= 0.3 is 6.03 Å². The Labute approximate surface area is 170 Å². The smallest absolute Gasteiger partial charge is 0.323 e. The summed E-state index contributed by atoms with van der Waals surface area (Å²) in [6, 6.07) is 15.6. The van der Waals surface area contributed by atoms with Crippen molar-refractivity contribution in [1.82, 2.24) is 15.1 Å². The van der Waals surface area contributed by atoms with Gasteiger partial charge in [0.1, 0.15) is 0 Å². The van der Waals surface area contributed by atoms with E-state index in [4.69, 9.17) is 0 Å². The van der Waals surface area contributed by atoms with Crippen LogP contribution >= 0.6 is 0 Å². The summed E-state index contributed by atoms with van der Waals surface area (Å²) in [5.74, 6) is -0.149. The lowest BCUT2D eigenvalue weighted by Crippen LogP contribution is -2.26. The van der Waals surface area contributed by atoms with Crippen molar-refractivity contribution in [2.24, 2.45) is 7.05 Å². The van der Waals surface area contributed by atoms with Gasteiger partial charge in [-0.3, -0.25) is 9.48 Å². The van der Waals surface area contributed by atoms with Crippen LogP contribution < -0.4 is 16.0 Å². The topological polar surface area (TPSA) is 88.1 Å². The Hall–Kier alpha value is -3.61. The van der Waals surface area contributed by atoms with Gasteiger partial charge in [0, 0.05) is 36.2 Å². The van der Waals surface area contributed by atoms with Crippen molar-refractivity contribution in [1.29, 1.82) is 0 Å². The van der Waals surface area contributed by atoms with Gasteiger partial charge in [0.2, 0.25) is 0 Å². The van der Waals surface area contributed by atoms with E-state index in [0.717, 1.165) is 23.4 Å². The molecular weight excluding hydrogens is 366 g/mol. The van der Waals surface area contributed by atoms with Crippen LogP contribution in [0, 0.1) is 13.8 Å². The molecule has 3 aromatic rings. The molecule has 0 aliphatic heterocycles.